The van der Waals surface area contributed by atoms with Crippen molar-refractivity contribution in [2.24, 2.45) is 0 Å². The molecule has 120 valence electrons. The van der Waals surface area contributed by atoms with Crippen molar-refractivity contribution < 1.29 is 14.3 Å². The fourth-order valence-corrected chi connectivity index (χ4v) is 3.22. The minimum Gasteiger partial charge on any atom is -0.445 e. The largest absolute Gasteiger partial charge is 0.445 e. The third-order valence-corrected chi connectivity index (χ3v) is 4.53. The van der Waals surface area contributed by atoms with Crippen LogP contribution >= 0.6 is 0 Å². The van der Waals surface area contributed by atoms with E-state index in [1.54, 1.807) is 0 Å². The molecule has 2 saturated heterocycles. The minimum atomic E-state index is -0.211. The van der Waals surface area contributed by atoms with Crippen LogP contribution in [0.4, 0.5) is 4.79 Å². The monoisotopic (exact) mass is 304 g/mol. The van der Waals surface area contributed by atoms with Gasteiger partial charge in [-0.15, -0.1) is 0 Å². The second-order valence-corrected chi connectivity index (χ2v) is 6.14. The fraction of sp³-hybridized carbons (Fsp3) is 0.588. The van der Waals surface area contributed by atoms with E-state index in [-0.39, 0.29) is 11.6 Å². The van der Waals surface area contributed by atoms with Crippen molar-refractivity contribution in [1.29, 1.82) is 0 Å². The average molecular weight is 304 g/mol. The predicted molar refractivity (Wildman–Crippen MR) is 83.6 cm³/mol. The molecule has 2 fully saturated rings. The number of hydrogen-bond acceptors (Lipinski definition) is 4. The Hall–Kier alpha value is -1.59. The Bertz CT molecular complexity index is 486. The van der Waals surface area contributed by atoms with Crippen molar-refractivity contribution in [1.82, 2.24) is 10.2 Å². The number of rotatable bonds is 2. The summed E-state index contributed by atoms with van der Waals surface area (Å²) in [5.41, 5.74) is 1.07. The van der Waals surface area contributed by atoms with Gasteiger partial charge in [0.1, 0.15) is 6.61 Å². The first kappa shape index (κ1) is 15.3. The number of hydrogen-bond donors (Lipinski definition) is 1. The zero-order valence-electron chi connectivity index (χ0n) is 12.9. The van der Waals surface area contributed by atoms with Crippen LogP contribution in [0.1, 0.15) is 24.8 Å². The second kappa shape index (κ2) is 7.11. The van der Waals surface area contributed by atoms with Gasteiger partial charge in [0, 0.05) is 25.2 Å². The Morgan fingerprint density at radius 2 is 2.14 bits per heavy atom. The topological polar surface area (TPSA) is 50.8 Å². The minimum absolute atomic E-state index is 0.0483. The molecule has 0 aliphatic carbocycles. The summed E-state index contributed by atoms with van der Waals surface area (Å²) in [5, 5.41) is 3.59. The first-order valence-electron chi connectivity index (χ1n) is 8.06. The van der Waals surface area contributed by atoms with Gasteiger partial charge in [0.2, 0.25) is 0 Å². The highest BCUT2D eigenvalue weighted by atomic mass is 16.6. The van der Waals surface area contributed by atoms with E-state index in [9.17, 15) is 4.79 Å². The molecule has 1 atom stereocenters. The molecule has 0 saturated carbocycles. The molecule has 2 heterocycles. The van der Waals surface area contributed by atoms with E-state index in [0.717, 1.165) is 57.7 Å². The van der Waals surface area contributed by atoms with Crippen LogP contribution in [0.3, 0.4) is 0 Å². The first-order chi connectivity index (χ1) is 10.8. The van der Waals surface area contributed by atoms with Crippen LogP contribution in [0.5, 0.6) is 0 Å². The molecule has 3 rings (SSSR count). The van der Waals surface area contributed by atoms with E-state index in [1.807, 2.05) is 35.2 Å². The molecule has 0 radical (unpaired) electrons. The van der Waals surface area contributed by atoms with Gasteiger partial charge >= 0.3 is 6.09 Å². The number of benzene rings is 1. The highest BCUT2D eigenvalue weighted by Crippen LogP contribution is 2.25. The van der Waals surface area contributed by atoms with E-state index >= 15 is 0 Å². The maximum Gasteiger partial charge on any atom is 0.410 e. The number of ether oxygens (including phenoxy) is 2. The SMILES string of the molecule is O=C(OCc1ccccc1)N1CCC[C@]2(CC1)COCCN2. The number of carbonyl (C=O) groups is 1. The van der Waals surface area contributed by atoms with Crippen LogP contribution in [0.2, 0.25) is 0 Å². The Labute approximate surface area is 131 Å². The highest BCUT2D eigenvalue weighted by molar-refractivity contribution is 5.67. The van der Waals surface area contributed by atoms with Gasteiger partial charge in [-0.2, -0.15) is 0 Å². The van der Waals surface area contributed by atoms with Crippen LogP contribution in [-0.4, -0.2) is 49.4 Å². The van der Waals surface area contributed by atoms with Gasteiger partial charge in [0.05, 0.1) is 13.2 Å². The number of nitrogens with one attached hydrogen (secondary N) is 1. The first-order valence-corrected chi connectivity index (χ1v) is 8.06. The molecule has 2 aliphatic rings. The van der Waals surface area contributed by atoms with Gasteiger partial charge < -0.3 is 19.7 Å². The Balaban J connectivity index is 1.51. The molecular formula is C17H24N2O3. The number of carbonyl (C=O) groups excluding carboxylic acids is 1. The molecule has 5 heteroatoms. The van der Waals surface area contributed by atoms with Crippen molar-refractivity contribution in [3.63, 3.8) is 0 Å². The van der Waals surface area contributed by atoms with Crippen LogP contribution in [0.25, 0.3) is 0 Å². The van der Waals surface area contributed by atoms with E-state index < -0.39 is 0 Å². The molecule has 2 aliphatic heterocycles. The normalized spacial score (nSPS) is 25.7. The van der Waals surface area contributed by atoms with Gasteiger partial charge in [-0.1, -0.05) is 30.3 Å². The summed E-state index contributed by atoms with van der Waals surface area (Å²) in [7, 11) is 0. The van der Waals surface area contributed by atoms with Crippen LogP contribution in [-0.2, 0) is 16.1 Å². The van der Waals surface area contributed by atoms with E-state index in [0.29, 0.717) is 6.61 Å². The summed E-state index contributed by atoms with van der Waals surface area (Å²) in [4.78, 5) is 14.1. The number of likely N-dealkylation sites (tertiary alicyclic amines) is 1. The molecule has 1 aromatic carbocycles. The van der Waals surface area contributed by atoms with Gasteiger partial charge in [-0.05, 0) is 24.8 Å². The number of morpholine rings is 1. The van der Waals surface area contributed by atoms with Gasteiger partial charge in [0.15, 0.2) is 0 Å². The molecule has 0 bridgehead atoms. The van der Waals surface area contributed by atoms with E-state index in [1.165, 1.54) is 0 Å². The third kappa shape index (κ3) is 3.78. The van der Waals surface area contributed by atoms with Crippen molar-refractivity contribution in [3.8, 4) is 0 Å². The van der Waals surface area contributed by atoms with Crippen LogP contribution in [0.15, 0.2) is 30.3 Å². The number of nitrogens with zero attached hydrogens (tertiary/aromatic N) is 1. The summed E-state index contributed by atoms with van der Waals surface area (Å²) >= 11 is 0. The van der Waals surface area contributed by atoms with Crippen molar-refractivity contribution in [3.05, 3.63) is 35.9 Å². The molecule has 5 nitrogen and oxygen atoms in total. The lowest BCUT2D eigenvalue weighted by molar-refractivity contribution is 0.0198. The maximum absolute atomic E-state index is 12.2. The molecule has 0 unspecified atom stereocenters. The van der Waals surface area contributed by atoms with Crippen LogP contribution in [0, 0.1) is 0 Å². The van der Waals surface area contributed by atoms with Crippen molar-refractivity contribution in [2.75, 3.05) is 32.8 Å². The average Bonchev–Trinajstić information content (AvgIpc) is 2.77. The standard InChI is InChI=1S/C17H24N2O3/c20-16(22-13-15-5-2-1-3-6-15)19-10-4-7-17(8-11-19)14-21-12-9-18-17/h1-3,5-6,18H,4,7-14H2/t17-/m0/s1. The lowest BCUT2D eigenvalue weighted by Crippen LogP contribution is -2.54. The smallest absolute Gasteiger partial charge is 0.410 e. The number of amides is 1. The molecule has 0 aromatic heterocycles. The highest BCUT2D eigenvalue weighted by Gasteiger charge is 2.35. The summed E-state index contributed by atoms with van der Waals surface area (Å²) in [5.74, 6) is 0. The lowest BCUT2D eigenvalue weighted by atomic mass is 9.90. The van der Waals surface area contributed by atoms with Gasteiger partial charge in [-0.3, -0.25) is 0 Å². The van der Waals surface area contributed by atoms with Gasteiger partial charge in [0.25, 0.3) is 0 Å². The third-order valence-electron chi connectivity index (χ3n) is 4.53. The molecule has 1 N–H and O–H groups in total. The quantitative estimate of drug-likeness (QED) is 0.910. The lowest BCUT2D eigenvalue weighted by Gasteiger charge is -2.37. The Kier molecular flexibility index (Phi) is 4.95. The molecule has 1 spiro atoms. The van der Waals surface area contributed by atoms with Gasteiger partial charge in [-0.25, -0.2) is 4.79 Å². The summed E-state index contributed by atoms with van der Waals surface area (Å²) in [6.07, 6.45) is 2.75. The van der Waals surface area contributed by atoms with E-state index in [4.69, 9.17) is 9.47 Å². The van der Waals surface area contributed by atoms with Crippen molar-refractivity contribution >= 4 is 6.09 Å². The second-order valence-electron chi connectivity index (χ2n) is 6.14. The molecule has 1 amide bonds. The van der Waals surface area contributed by atoms with E-state index in [2.05, 4.69) is 5.32 Å². The zero-order chi connectivity index (χ0) is 15.3. The molecule has 22 heavy (non-hydrogen) atoms. The maximum atomic E-state index is 12.2. The Morgan fingerprint density at radius 1 is 1.27 bits per heavy atom. The fourth-order valence-electron chi connectivity index (χ4n) is 3.22. The van der Waals surface area contributed by atoms with Crippen LogP contribution < -0.4 is 5.32 Å². The summed E-state index contributed by atoms with van der Waals surface area (Å²) in [6, 6.07) is 9.79. The summed E-state index contributed by atoms with van der Waals surface area (Å²) < 4.78 is 11.1. The molecular weight excluding hydrogens is 280 g/mol. The van der Waals surface area contributed by atoms with Crippen molar-refractivity contribution in [2.45, 2.75) is 31.4 Å². The molecule has 1 aromatic rings. The Morgan fingerprint density at radius 3 is 2.91 bits per heavy atom. The summed E-state index contributed by atoms with van der Waals surface area (Å²) in [6.45, 7) is 4.26. The predicted octanol–water partition coefficient (Wildman–Crippen LogP) is 2.17. The zero-order valence-corrected chi connectivity index (χ0v) is 12.9.